The van der Waals surface area contributed by atoms with Gasteiger partial charge in [-0.15, -0.1) is 0 Å². The summed E-state index contributed by atoms with van der Waals surface area (Å²) in [6.07, 6.45) is 4.59. The molecule has 0 saturated carbocycles. The highest BCUT2D eigenvalue weighted by molar-refractivity contribution is 6.30. The quantitative estimate of drug-likeness (QED) is 0.318. The first-order chi connectivity index (χ1) is 13.7. The molecule has 0 spiro atoms. The number of ether oxygens (including phenoxy) is 1. The molecular formula is C26H25ClO. The van der Waals surface area contributed by atoms with Gasteiger partial charge in [-0.25, -0.2) is 0 Å². The van der Waals surface area contributed by atoms with Gasteiger partial charge in [0.2, 0.25) is 0 Å². The fourth-order valence-corrected chi connectivity index (χ4v) is 3.13. The van der Waals surface area contributed by atoms with Crippen LogP contribution in [0.5, 0.6) is 5.75 Å². The largest absolute Gasteiger partial charge is 0.493 e. The summed E-state index contributed by atoms with van der Waals surface area (Å²) in [5, 5.41) is 0.725. The van der Waals surface area contributed by atoms with Crippen LogP contribution in [-0.4, -0.2) is 6.61 Å². The summed E-state index contributed by atoms with van der Waals surface area (Å²) in [6.45, 7) is 2.82. The zero-order chi connectivity index (χ0) is 19.6. The lowest BCUT2D eigenvalue weighted by Gasteiger charge is -2.09. The molecular weight excluding hydrogens is 364 g/mol. The maximum Gasteiger partial charge on any atom is 0.122 e. The molecule has 0 N–H and O–H groups in total. The second kappa shape index (κ2) is 10.6. The molecule has 0 aliphatic heterocycles. The Hall–Kier alpha value is -2.69. The molecule has 0 saturated heterocycles. The van der Waals surface area contributed by atoms with Crippen LogP contribution in [0.4, 0.5) is 0 Å². The molecule has 0 radical (unpaired) electrons. The molecule has 142 valence electrons. The van der Waals surface area contributed by atoms with Gasteiger partial charge in [-0.1, -0.05) is 53.8 Å². The molecule has 0 fully saturated rings. The average Bonchev–Trinajstić information content (AvgIpc) is 2.72. The lowest BCUT2D eigenvalue weighted by atomic mass is 10.1. The Bertz CT molecular complexity index is 934. The number of hydrogen-bond acceptors (Lipinski definition) is 1. The van der Waals surface area contributed by atoms with E-state index in [2.05, 4.69) is 55.2 Å². The second-order valence-corrected chi connectivity index (χ2v) is 7.32. The predicted octanol–water partition coefficient (Wildman–Crippen LogP) is 6.84. The van der Waals surface area contributed by atoms with Gasteiger partial charge in [0.1, 0.15) is 5.75 Å². The predicted molar refractivity (Wildman–Crippen MR) is 118 cm³/mol. The Morgan fingerprint density at radius 3 is 2.25 bits per heavy atom. The minimum atomic E-state index is 0.725. The normalized spacial score (nSPS) is 10.2. The Morgan fingerprint density at radius 2 is 1.50 bits per heavy atom. The third kappa shape index (κ3) is 6.48. The molecule has 0 aromatic heterocycles. The van der Waals surface area contributed by atoms with Crippen LogP contribution in [0.2, 0.25) is 5.02 Å². The van der Waals surface area contributed by atoms with E-state index in [0.717, 1.165) is 46.9 Å². The van der Waals surface area contributed by atoms with Crippen molar-refractivity contribution in [3.8, 4) is 17.6 Å². The van der Waals surface area contributed by atoms with E-state index in [1.807, 2.05) is 36.4 Å². The van der Waals surface area contributed by atoms with Crippen molar-refractivity contribution in [2.24, 2.45) is 0 Å². The Kier molecular flexibility index (Phi) is 7.59. The van der Waals surface area contributed by atoms with E-state index in [9.17, 15) is 0 Å². The van der Waals surface area contributed by atoms with Gasteiger partial charge in [-0.3, -0.25) is 0 Å². The second-order valence-electron chi connectivity index (χ2n) is 6.88. The van der Waals surface area contributed by atoms with Crippen LogP contribution < -0.4 is 4.74 Å². The Labute approximate surface area is 173 Å². The standard InChI is InChI=1S/C26H25ClO/c1-21-20-24(12-11-23-13-16-25(27)17-14-23)15-18-26(21)28-19-7-3-6-10-22-8-4-2-5-9-22/h2,4-5,8-9,13-18,20H,3,6-7,10,19H2,1H3. The van der Waals surface area contributed by atoms with Crippen molar-refractivity contribution >= 4 is 11.6 Å². The number of unbranched alkanes of at least 4 members (excludes halogenated alkanes) is 2. The van der Waals surface area contributed by atoms with Gasteiger partial charge in [0.25, 0.3) is 0 Å². The van der Waals surface area contributed by atoms with Gasteiger partial charge < -0.3 is 4.74 Å². The lowest BCUT2D eigenvalue weighted by Crippen LogP contribution is -1.99. The molecule has 0 aliphatic rings. The van der Waals surface area contributed by atoms with E-state index < -0.39 is 0 Å². The van der Waals surface area contributed by atoms with Crippen molar-refractivity contribution in [2.45, 2.75) is 32.6 Å². The fraction of sp³-hybridized carbons (Fsp3) is 0.231. The van der Waals surface area contributed by atoms with Crippen molar-refractivity contribution < 1.29 is 4.74 Å². The first-order valence-corrected chi connectivity index (χ1v) is 10.1. The van der Waals surface area contributed by atoms with Crippen LogP contribution in [0.25, 0.3) is 0 Å². The van der Waals surface area contributed by atoms with Gasteiger partial charge >= 0.3 is 0 Å². The summed E-state index contributed by atoms with van der Waals surface area (Å²) in [7, 11) is 0. The topological polar surface area (TPSA) is 9.23 Å². The van der Waals surface area contributed by atoms with E-state index in [-0.39, 0.29) is 0 Å². The third-order valence-corrected chi connectivity index (χ3v) is 4.83. The summed E-state index contributed by atoms with van der Waals surface area (Å²) in [5.41, 5.74) is 4.47. The van der Waals surface area contributed by atoms with Crippen LogP contribution in [0.1, 0.15) is 41.5 Å². The number of benzene rings is 3. The van der Waals surface area contributed by atoms with E-state index in [1.54, 1.807) is 0 Å². The first-order valence-electron chi connectivity index (χ1n) is 9.76. The molecule has 0 amide bonds. The van der Waals surface area contributed by atoms with Gasteiger partial charge in [0.05, 0.1) is 6.61 Å². The van der Waals surface area contributed by atoms with Crippen molar-refractivity contribution in [1.82, 2.24) is 0 Å². The summed E-state index contributed by atoms with van der Waals surface area (Å²) in [4.78, 5) is 0. The summed E-state index contributed by atoms with van der Waals surface area (Å²) in [5.74, 6) is 7.31. The number of rotatable bonds is 7. The maximum absolute atomic E-state index is 5.96. The maximum atomic E-state index is 5.96. The highest BCUT2D eigenvalue weighted by Gasteiger charge is 2.01. The zero-order valence-electron chi connectivity index (χ0n) is 16.2. The molecule has 2 heteroatoms. The Balaban J connectivity index is 1.43. The molecule has 3 aromatic carbocycles. The molecule has 0 bridgehead atoms. The van der Waals surface area contributed by atoms with Crippen LogP contribution in [0, 0.1) is 18.8 Å². The monoisotopic (exact) mass is 388 g/mol. The number of aryl methyl sites for hydroxylation is 2. The first kappa shape index (κ1) is 20.1. The van der Waals surface area contributed by atoms with Gasteiger partial charge in [0.15, 0.2) is 0 Å². The Morgan fingerprint density at radius 1 is 0.786 bits per heavy atom. The minimum absolute atomic E-state index is 0.725. The lowest BCUT2D eigenvalue weighted by molar-refractivity contribution is 0.303. The van der Waals surface area contributed by atoms with Crippen molar-refractivity contribution in [3.63, 3.8) is 0 Å². The molecule has 1 nitrogen and oxygen atoms in total. The smallest absolute Gasteiger partial charge is 0.122 e. The van der Waals surface area contributed by atoms with Crippen molar-refractivity contribution in [2.75, 3.05) is 6.61 Å². The SMILES string of the molecule is Cc1cc(C#Cc2ccc(Cl)cc2)ccc1OCCCCCc1ccccc1. The van der Waals surface area contributed by atoms with Crippen LogP contribution in [0.3, 0.4) is 0 Å². The van der Waals surface area contributed by atoms with E-state index in [0.29, 0.717) is 0 Å². The molecule has 0 atom stereocenters. The van der Waals surface area contributed by atoms with Crippen LogP contribution in [-0.2, 0) is 6.42 Å². The fourth-order valence-electron chi connectivity index (χ4n) is 3.00. The zero-order valence-corrected chi connectivity index (χ0v) is 17.0. The van der Waals surface area contributed by atoms with E-state index in [4.69, 9.17) is 16.3 Å². The van der Waals surface area contributed by atoms with E-state index >= 15 is 0 Å². The molecule has 0 heterocycles. The number of halogens is 1. The minimum Gasteiger partial charge on any atom is -0.493 e. The van der Waals surface area contributed by atoms with Crippen LogP contribution in [0.15, 0.2) is 72.8 Å². The van der Waals surface area contributed by atoms with Crippen LogP contribution >= 0.6 is 11.6 Å². The molecule has 28 heavy (non-hydrogen) atoms. The molecule has 3 rings (SSSR count). The molecule has 0 unspecified atom stereocenters. The summed E-state index contributed by atoms with van der Waals surface area (Å²) >= 11 is 5.90. The summed E-state index contributed by atoms with van der Waals surface area (Å²) < 4.78 is 5.96. The highest BCUT2D eigenvalue weighted by atomic mass is 35.5. The van der Waals surface area contributed by atoms with Gasteiger partial charge in [-0.2, -0.15) is 0 Å². The van der Waals surface area contributed by atoms with E-state index in [1.165, 1.54) is 18.4 Å². The van der Waals surface area contributed by atoms with Crippen molar-refractivity contribution in [3.05, 3.63) is 100 Å². The third-order valence-electron chi connectivity index (χ3n) is 4.58. The molecule has 0 aliphatic carbocycles. The average molecular weight is 389 g/mol. The van der Waals surface area contributed by atoms with Gasteiger partial charge in [-0.05, 0) is 86.2 Å². The van der Waals surface area contributed by atoms with Crippen molar-refractivity contribution in [1.29, 1.82) is 0 Å². The molecule has 3 aromatic rings. The highest BCUT2D eigenvalue weighted by Crippen LogP contribution is 2.19. The summed E-state index contributed by atoms with van der Waals surface area (Å²) in [6, 6.07) is 24.3. The van der Waals surface area contributed by atoms with Gasteiger partial charge in [0, 0.05) is 16.1 Å². The number of hydrogen-bond donors (Lipinski definition) is 0.